The first-order chi connectivity index (χ1) is 27.3. The summed E-state index contributed by atoms with van der Waals surface area (Å²) >= 11 is 1.64. The predicted molar refractivity (Wildman–Crippen MR) is 240 cm³/mol. The SMILES string of the molecule is CC(C)(C)C1=CC(C(C)(C)C)C=C(O)C1=O.CC(C)(C)c1cc(O)c(O)c(C(C)(C)C)c1.CN1/C(=C/N=C2C(=O)c3cccnc3-c3ncccc32)Sc2ccccc21.[Co]. The van der Waals surface area contributed by atoms with Crippen LogP contribution in [-0.4, -0.2) is 49.6 Å². The van der Waals surface area contributed by atoms with E-state index in [1.807, 2.05) is 85.0 Å². The van der Waals surface area contributed by atoms with Gasteiger partial charge in [-0.15, -0.1) is 0 Å². The van der Waals surface area contributed by atoms with Gasteiger partial charge in [0.15, 0.2) is 17.3 Å². The van der Waals surface area contributed by atoms with Gasteiger partial charge in [-0.05, 0) is 75.8 Å². The van der Waals surface area contributed by atoms with E-state index in [2.05, 4.69) is 73.5 Å². The second kappa shape index (κ2) is 17.9. The first-order valence-corrected chi connectivity index (χ1v) is 20.6. The van der Waals surface area contributed by atoms with Gasteiger partial charge in [0, 0.05) is 63.7 Å². The van der Waals surface area contributed by atoms with Crippen molar-refractivity contribution in [1.29, 1.82) is 0 Å². The Hall–Kier alpha value is -4.97. The number of carbonyl (C=O) groups excluding carboxylic acids is 2. The summed E-state index contributed by atoms with van der Waals surface area (Å²) in [6.07, 6.45) is 8.81. The fraction of sp³-hybridized carbons (Fsp3) is 0.367. The van der Waals surface area contributed by atoms with Crippen LogP contribution in [0.5, 0.6) is 11.5 Å². The molecule has 3 heterocycles. The van der Waals surface area contributed by atoms with Gasteiger partial charge in [-0.3, -0.25) is 19.6 Å². The van der Waals surface area contributed by atoms with Gasteiger partial charge in [-0.25, -0.2) is 4.99 Å². The maximum atomic E-state index is 13.0. The van der Waals surface area contributed by atoms with Crippen molar-refractivity contribution in [2.45, 2.75) is 98.8 Å². The summed E-state index contributed by atoms with van der Waals surface area (Å²) < 4.78 is 0. The Morgan fingerprint density at radius 1 is 0.717 bits per heavy atom. The molecule has 0 amide bonds. The van der Waals surface area contributed by atoms with Crippen molar-refractivity contribution < 1.29 is 41.7 Å². The molecule has 1 aliphatic heterocycles. The zero-order valence-corrected chi connectivity index (χ0v) is 38.8. The molecule has 0 fully saturated rings. The number of aromatic nitrogens is 2. The fourth-order valence-electron chi connectivity index (χ4n) is 6.70. The number of hydrogen-bond donors (Lipinski definition) is 3. The second-order valence-electron chi connectivity index (χ2n) is 19.2. The molecule has 0 spiro atoms. The van der Waals surface area contributed by atoms with Crippen molar-refractivity contribution in [1.82, 2.24) is 9.97 Å². The number of carbonyl (C=O) groups is 2. The molecule has 1 atom stereocenters. The average molecular weight is 874 g/mol. The Bertz CT molecular complexity index is 2410. The number of rotatable bonds is 1. The predicted octanol–water partition coefficient (Wildman–Crippen LogP) is 11.5. The number of aliphatic imine (C=N–C) groups is 1. The van der Waals surface area contributed by atoms with Crippen LogP contribution in [0.1, 0.15) is 110 Å². The van der Waals surface area contributed by atoms with Crippen molar-refractivity contribution >= 4 is 34.7 Å². The number of Topliss-reactive ketones (excluding diaryl/α,β-unsaturated/α-hetero) is 2. The van der Waals surface area contributed by atoms with E-state index in [0.717, 1.165) is 21.8 Å². The first kappa shape index (κ1) is 47.7. The van der Waals surface area contributed by atoms with Crippen LogP contribution >= 0.6 is 11.8 Å². The average Bonchev–Trinajstić information content (AvgIpc) is 3.47. The Labute approximate surface area is 370 Å². The molecule has 0 saturated carbocycles. The summed E-state index contributed by atoms with van der Waals surface area (Å²) in [6, 6.07) is 19.0. The summed E-state index contributed by atoms with van der Waals surface area (Å²) in [4.78, 5) is 41.5. The molecule has 7 rings (SSSR count). The summed E-state index contributed by atoms with van der Waals surface area (Å²) in [6.45, 7) is 24.6. The number of phenolic OH excluding ortho intramolecular Hbond substituents is 2. The number of fused-ring (bicyclic) bond motifs is 4. The van der Waals surface area contributed by atoms with Gasteiger partial charge in [-0.1, -0.05) is 119 Å². The number of aliphatic hydroxyl groups excluding tert-OH is 1. The van der Waals surface area contributed by atoms with E-state index in [4.69, 9.17) is 0 Å². The minimum absolute atomic E-state index is 0. The molecular formula is C49H58CoN4O5S. The fourth-order valence-corrected chi connectivity index (χ4v) is 7.72. The number of para-hydroxylation sites is 1. The minimum Gasteiger partial charge on any atom is -0.504 e. The quantitative estimate of drug-likeness (QED) is 0.160. The van der Waals surface area contributed by atoms with E-state index in [1.54, 1.807) is 54.6 Å². The third kappa shape index (κ3) is 10.5. The van der Waals surface area contributed by atoms with Crippen molar-refractivity contribution in [3.05, 3.63) is 130 Å². The van der Waals surface area contributed by atoms with Gasteiger partial charge in [0.1, 0.15) is 11.4 Å². The molecule has 2 aliphatic carbocycles. The number of aliphatic hydroxyl groups is 1. The van der Waals surface area contributed by atoms with E-state index in [0.29, 0.717) is 33.8 Å². The number of pyridine rings is 2. The van der Waals surface area contributed by atoms with Gasteiger partial charge in [0.05, 0.1) is 28.2 Å². The zero-order chi connectivity index (χ0) is 43.8. The van der Waals surface area contributed by atoms with Gasteiger partial charge < -0.3 is 20.2 Å². The molecule has 3 aliphatic rings. The molecule has 1 radical (unpaired) electrons. The van der Waals surface area contributed by atoms with Crippen LogP contribution in [0.2, 0.25) is 0 Å². The van der Waals surface area contributed by atoms with Gasteiger partial charge in [0.25, 0.3) is 0 Å². The number of thioether (sulfide) groups is 1. The van der Waals surface area contributed by atoms with E-state index < -0.39 is 0 Å². The van der Waals surface area contributed by atoms with Gasteiger partial charge in [0.2, 0.25) is 11.6 Å². The minimum atomic E-state index is -0.229. The number of benzene rings is 2. The van der Waals surface area contributed by atoms with E-state index in [9.17, 15) is 24.9 Å². The topological polar surface area (TPSA) is 136 Å². The number of phenols is 2. The standard InChI is InChI=1S/C21H14N4OS.2C14H22O2.Co/c1-25-15-8-2-3-9-16(15)27-17(25)12-24-20-13-6-4-10-22-18(13)19-14(21(20)26)7-5-11-23-19;2*1-13(2,3)9-7-10(14(4,5)6)12(16)11(15)8-9;/h2-12H,1H3;7-8,15-16H,1-6H3;7-9,15H,1-6H3;/b17-12-,24-20?;;;. The second-order valence-corrected chi connectivity index (χ2v) is 20.3. The molecule has 0 bridgehead atoms. The van der Waals surface area contributed by atoms with Crippen molar-refractivity contribution in [2.75, 3.05) is 11.9 Å². The molecule has 3 N–H and O–H groups in total. The molecule has 60 heavy (non-hydrogen) atoms. The largest absolute Gasteiger partial charge is 0.504 e. The molecule has 1 unspecified atom stereocenters. The summed E-state index contributed by atoms with van der Waals surface area (Å²) in [5.74, 6) is -0.378. The van der Waals surface area contributed by atoms with Crippen LogP contribution in [0.3, 0.4) is 0 Å². The molecule has 4 aromatic rings. The van der Waals surface area contributed by atoms with Crippen LogP contribution in [0, 0.1) is 16.7 Å². The van der Waals surface area contributed by atoms with Gasteiger partial charge in [-0.2, -0.15) is 0 Å². The number of anilines is 1. The molecule has 11 heteroatoms. The summed E-state index contributed by atoms with van der Waals surface area (Å²) in [5.41, 5.74) is 6.23. The number of ketones is 2. The molecule has 2 aromatic heterocycles. The maximum absolute atomic E-state index is 13.0. The Balaban J connectivity index is 0.000000210. The first-order valence-electron chi connectivity index (χ1n) is 19.8. The Morgan fingerprint density at radius 2 is 1.30 bits per heavy atom. The molecule has 2 aromatic carbocycles. The molecule has 319 valence electrons. The van der Waals surface area contributed by atoms with Crippen molar-refractivity contribution in [2.24, 2.45) is 21.7 Å². The Morgan fingerprint density at radius 3 is 1.85 bits per heavy atom. The molecule has 0 saturated heterocycles. The van der Waals surface area contributed by atoms with E-state index in [1.165, 1.54) is 4.90 Å². The normalized spacial score (nSPS) is 17.6. The Kier molecular flexibility index (Phi) is 14.3. The third-order valence-electron chi connectivity index (χ3n) is 10.4. The van der Waals surface area contributed by atoms with Crippen LogP contribution < -0.4 is 4.90 Å². The number of aromatic hydroxyl groups is 2. The summed E-state index contributed by atoms with van der Waals surface area (Å²) in [5, 5.41) is 30.3. The van der Waals surface area contributed by atoms with E-state index in [-0.39, 0.29) is 73.2 Å². The smallest absolute Gasteiger partial charge is 0.223 e. The van der Waals surface area contributed by atoms with Crippen molar-refractivity contribution in [3.8, 4) is 22.9 Å². The van der Waals surface area contributed by atoms with Gasteiger partial charge >= 0.3 is 0 Å². The summed E-state index contributed by atoms with van der Waals surface area (Å²) in [7, 11) is 2.00. The molecule has 9 nitrogen and oxygen atoms in total. The van der Waals surface area contributed by atoms with Crippen LogP contribution in [0.25, 0.3) is 11.4 Å². The zero-order valence-electron chi connectivity index (χ0n) is 36.9. The molecular weight excluding hydrogens is 816 g/mol. The number of hydrogen-bond acceptors (Lipinski definition) is 10. The third-order valence-corrected chi connectivity index (χ3v) is 11.5. The van der Waals surface area contributed by atoms with Crippen LogP contribution in [-0.2, 0) is 32.4 Å². The monoisotopic (exact) mass is 873 g/mol. The van der Waals surface area contributed by atoms with Crippen LogP contribution in [0.4, 0.5) is 5.69 Å². The van der Waals surface area contributed by atoms with Crippen LogP contribution in [0.15, 0.2) is 118 Å². The maximum Gasteiger partial charge on any atom is 0.223 e. The van der Waals surface area contributed by atoms with E-state index >= 15 is 0 Å². The van der Waals surface area contributed by atoms with Crippen molar-refractivity contribution in [3.63, 3.8) is 0 Å². The number of allylic oxidation sites excluding steroid dienone is 3. The number of nitrogens with zero attached hydrogens (tertiary/aromatic N) is 4.